The molecule has 162 valence electrons. The van der Waals surface area contributed by atoms with Crippen molar-refractivity contribution in [2.45, 2.75) is 44.1 Å². The molecule has 2 aromatic carbocycles. The van der Waals surface area contributed by atoms with Crippen LogP contribution in [0.25, 0.3) is 11.3 Å². The molecule has 4 rings (SSSR count). The van der Waals surface area contributed by atoms with E-state index in [1.807, 2.05) is 36.5 Å². The van der Waals surface area contributed by atoms with Crippen LogP contribution in [0.3, 0.4) is 0 Å². The first-order valence-corrected chi connectivity index (χ1v) is 10.4. The number of rotatable bonds is 7. The van der Waals surface area contributed by atoms with Crippen molar-refractivity contribution in [3.8, 4) is 11.3 Å². The van der Waals surface area contributed by atoms with Crippen molar-refractivity contribution in [3.05, 3.63) is 72.2 Å². The lowest BCUT2D eigenvalue weighted by Crippen LogP contribution is -2.51. The van der Waals surface area contributed by atoms with Gasteiger partial charge in [0.05, 0.1) is 30.5 Å². The van der Waals surface area contributed by atoms with Crippen LogP contribution in [0.2, 0.25) is 0 Å². The molecule has 1 fully saturated rings. The quantitative estimate of drug-likeness (QED) is 0.609. The number of nitrogens with one attached hydrogen (secondary N) is 1. The minimum atomic E-state index is -0.571. The molecule has 3 aromatic rings. The fraction of sp³-hybridized carbons (Fsp3) is 0.348. The van der Waals surface area contributed by atoms with E-state index in [-0.39, 0.29) is 24.3 Å². The van der Waals surface area contributed by atoms with Crippen LogP contribution in [-0.2, 0) is 11.3 Å². The lowest BCUT2D eigenvalue weighted by atomic mass is 9.96. The summed E-state index contributed by atoms with van der Waals surface area (Å²) in [5.74, 6) is -1.07. The van der Waals surface area contributed by atoms with Crippen LogP contribution in [0, 0.1) is 5.82 Å². The highest BCUT2D eigenvalue weighted by Crippen LogP contribution is 2.23. The van der Waals surface area contributed by atoms with E-state index in [9.17, 15) is 14.3 Å². The maximum atomic E-state index is 13.9. The first-order valence-electron chi connectivity index (χ1n) is 10.4. The number of halogens is 1. The number of aromatic nitrogens is 3. The second kappa shape index (κ2) is 9.80. The monoisotopic (exact) mass is 424 g/mol. The molecule has 0 unspecified atom stereocenters. The molecule has 8 heteroatoms. The highest BCUT2D eigenvalue weighted by molar-refractivity contribution is 5.94. The average molecular weight is 424 g/mol. The lowest BCUT2D eigenvalue weighted by molar-refractivity contribution is -0.0912. The molecule has 0 radical (unpaired) electrons. The maximum Gasteiger partial charge on any atom is 0.254 e. The Kier molecular flexibility index (Phi) is 6.69. The third-order valence-electron chi connectivity index (χ3n) is 5.52. The van der Waals surface area contributed by atoms with Gasteiger partial charge in [0.25, 0.3) is 5.91 Å². The van der Waals surface area contributed by atoms with Gasteiger partial charge in [0.1, 0.15) is 17.6 Å². The number of carbonyl (C=O) groups excluding carboxylic acids is 1. The number of carbonyl (C=O) groups is 1. The highest BCUT2D eigenvalue weighted by atomic mass is 19.1. The molecule has 2 heterocycles. The van der Waals surface area contributed by atoms with Gasteiger partial charge in [-0.15, -0.1) is 5.10 Å². The van der Waals surface area contributed by atoms with Crippen molar-refractivity contribution in [2.75, 3.05) is 6.61 Å². The summed E-state index contributed by atoms with van der Waals surface area (Å²) >= 11 is 0. The first-order chi connectivity index (χ1) is 15.1. The van der Waals surface area contributed by atoms with Gasteiger partial charge in [0, 0.05) is 12.1 Å². The molecule has 0 aliphatic carbocycles. The Morgan fingerprint density at radius 3 is 2.71 bits per heavy atom. The maximum absolute atomic E-state index is 13.9. The number of amides is 1. The fourth-order valence-corrected chi connectivity index (χ4v) is 3.83. The zero-order valence-corrected chi connectivity index (χ0v) is 17.0. The van der Waals surface area contributed by atoms with Gasteiger partial charge < -0.3 is 15.2 Å². The van der Waals surface area contributed by atoms with E-state index >= 15 is 0 Å². The SMILES string of the molecule is O=C(N[C@@H]1CC[C@@H](CCn2cc(-c3ccccc3)nn2)O[C@H]1CO)c1ccccc1F. The number of hydrogen-bond acceptors (Lipinski definition) is 5. The molecule has 0 saturated carbocycles. The highest BCUT2D eigenvalue weighted by Gasteiger charge is 2.32. The topological polar surface area (TPSA) is 89.3 Å². The molecule has 3 atom stereocenters. The van der Waals surface area contributed by atoms with Crippen LogP contribution < -0.4 is 5.32 Å². The predicted octanol–water partition coefficient (Wildman–Crippen LogP) is 2.81. The lowest BCUT2D eigenvalue weighted by Gasteiger charge is -2.36. The van der Waals surface area contributed by atoms with Gasteiger partial charge in [-0.25, -0.2) is 4.39 Å². The first kappa shape index (κ1) is 21.1. The van der Waals surface area contributed by atoms with Gasteiger partial charge in [-0.1, -0.05) is 47.7 Å². The van der Waals surface area contributed by atoms with E-state index < -0.39 is 17.8 Å². The van der Waals surface area contributed by atoms with E-state index in [0.717, 1.165) is 17.7 Å². The number of nitrogens with zero attached hydrogens (tertiary/aromatic N) is 3. The number of aliphatic hydroxyl groups excluding tert-OH is 1. The van der Waals surface area contributed by atoms with Crippen LogP contribution in [0.5, 0.6) is 0 Å². The third kappa shape index (κ3) is 5.15. The van der Waals surface area contributed by atoms with Gasteiger partial charge >= 0.3 is 0 Å². The number of hydrogen-bond donors (Lipinski definition) is 2. The molecule has 0 spiro atoms. The number of aryl methyl sites for hydroxylation is 1. The Morgan fingerprint density at radius 2 is 1.94 bits per heavy atom. The van der Waals surface area contributed by atoms with Gasteiger partial charge in [0.2, 0.25) is 0 Å². The summed E-state index contributed by atoms with van der Waals surface area (Å²) < 4.78 is 21.6. The van der Waals surface area contributed by atoms with Crippen molar-refractivity contribution in [1.82, 2.24) is 20.3 Å². The van der Waals surface area contributed by atoms with E-state index in [1.165, 1.54) is 18.2 Å². The van der Waals surface area contributed by atoms with Crippen LogP contribution in [0.15, 0.2) is 60.8 Å². The molecule has 31 heavy (non-hydrogen) atoms. The van der Waals surface area contributed by atoms with Crippen LogP contribution in [0.4, 0.5) is 4.39 Å². The summed E-state index contributed by atoms with van der Waals surface area (Å²) in [5.41, 5.74) is 1.81. The molecule has 1 amide bonds. The van der Waals surface area contributed by atoms with Crippen molar-refractivity contribution in [3.63, 3.8) is 0 Å². The predicted molar refractivity (Wildman–Crippen MR) is 113 cm³/mol. The van der Waals surface area contributed by atoms with Crippen molar-refractivity contribution < 1.29 is 19.0 Å². The number of aliphatic hydroxyl groups is 1. The molecular formula is C23H25FN4O3. The fourth-order valence-electron chi connectivity index (χ4n) is 3.83. The Balaban J connectivity index is 1.30. The Morgan fingerprint density at radius 1 is 1.16 bits per heavy atom. The minimum absolute atomic E-state index is 0.0123. The Hall–Kier alpha value is -3.10. The van der Waals surface area contributed by atoms with Crippen LogP contribution >= 0.6 is 0 Å². The summed E-state index contributed by atoms with van der Waals surface area (Å²) in [6.45, 7) is 0.412. The summed E-state index contributed by atoms with van der Waals surface area (Å²) in [7, 11) is 0. The van der Waals surface area contributed by atoms with Gasteiger partial charge in [0.15, 0.2) is 0 Å². The Bertz CT molecular complexity index is 1010. The van der Waals surface area contributed by atoms with Crippen LogP contribution in [0.1, 0.15) is 29.6 Å². The number of benzene rings is 2. The van der Waals surface area contributed by atoms with E-state index in [0.29, 0.717) is 19.4 Å². The minimum Gasteiger partial charge on any atom is -0.394 e. The second-order valence-electron chi connectivity index (χ2n) is 7.64. The van der Waals surface area contributed by atoms with Gasteiger partial charge in [-0.05, 0) is 31.4 Å². The van der Waals surface area contributed by atoms with Crippen LogP contribution in [-0.4, -0.2) is 50.9 Å². The smallest absolute Gasteiger partial charge is 0.254 e. The molecule has 7 nitrogen and oxygen atoms in total. The molecular weight excluding hydrogens is 399 g/mol. The third-order valence-corrected chi connectivity index (χ3v) is 5.52. The van der Waals surface area contributed by atoms with Gasteiger partial charge in [-0.3, -0.25) is 9.48 Å². The summed E-state index contributed by atoms with van der Waals surface area (Å²) in [6, 6.07) is 15.3. The number of ether oxygens (including phenoxy) is 1. The zero-order chi connectivity index (χ0) is 21.6. The normalized spacial score (nSPS) is 21.0. The standard InChI is InChI=1S/C23H25FN4O3/c24-19-9-5-4-8-18(19)23(30)25-20-11-10-17(31-22(20)15-29)12-13-28-14-21(26-27-28)16-6-2-1-3-7-16/h1-9,14,17,20,22,29H,10-13,15H2,(H,25,30)/t17-,20+,22-/m0/s1. The Labute approximate surface area is 179 Å². The summed E-state index contributed by atoms with van der Waals surface area (Å²) in [4.78, 5) is 12.4. The van der Waals surface area contributed by atoms with E-state index in [2.05, 4.69) is 15.6 Å². The van der Waals surface area contributed by atoms with E-state index in [4.69, 9.17) is 4.74 Å². The molecule has 1 aliphatic heterocycles. The second-order valence-corrected chi connectivity index (χ2v) is 7.64. The van der Waals surface area contributed by atoms with Gasteiger partial charge in [-0.2, -0.15) is 0 Å². The van der Waals surface area contributed by atoms with Crippen molar-refractivity contribution in [2.24, 2.45) is 0 Å². The van der Waals surface area contributed by atoms with Crippen molar-refractivity contribution in [1.29, 1.82) is 0 Å². The molecule has 0 bridgehead atoms. The summed E-state index contributed by atoms with van der Waals surface area (Å²) in [5, 5.41) is 21.0. The molecule has 1 aromatic heterocycles. The average Bonchev–Trinajstić information content (AvgIpc) is 3.28. The van der Waals surface area contributed by atoms with E-state index in [1.54, 1.807) is 10.7 Å². The summed E-state index contributed by atoms with van der Waals surface area (Å²) in [6.07, 6.45) is 3.37. The largest absolute Gasteiger partial charge is 0.394 e. The molecule has 1 saturated heterocycles. The molecule has 1 aliphatic rings. The molecule has 2 N–H and O–H groups in total. The zero-order valence-electron chi connectivity index (χ0n) is 17.0. The van der Waals surface area contributed by atoms with Crippen molar-refractivity contribution >= 4 is 5.91 Å².